The second-order valence-electron chi connectivity index (χ2n) is 5.05. The third-order valence-corrected chi connectivity index (χ3v) is 3.65. The molecule has 1 aromatic carbocycles. The molecule has 2 amide bonds. The van der Waals surface area contributed by atoms with Gasteiger partial charge in [0.2, 0.25) is 11.8 Å². The molecule has 2 N–H and O–H groups in total. The van der Waals surface area contributed by atoms with Crippen LogP contribution in [0, 0.1) is 17.2 Å². The van der Waals surface area contributed by atoms with Gasteiger partial charge in [-0.3, -0.25) is 14.5 Å². The van der Waals surface area contributed by atoms with E-state index < -0.39 is 11.8 Å². The van der Waals surface area contributed by atoms with Crippen LogP contribution in [0.1, 0.15) is 12.0 Å². The molecule has 0 aliphatic carbocycles. The van der Waals surface area contributed by atoms with Crippen molar-refractivity contribution in [3.63, 3.8) is 0 Å². The summed E-state index contributed by atoms with van der Waals surface area (Å²) >= 11 is 0. The average molecular weight is 295 g/mol. The number of nitrogens with two attached hydrogens (primary N) is 1. The van der Waals surface area contributed by atoms with Gasteiger partial charge in [-0.15, -0.1) is 0 Å². The number of anilines is 1. The average Bonchev–Trinajstić information content (AvgIpc) is 3.11. The fourth-order valence-electron chi connectivity index (χ4n) is 2.54. The molecule has 1 atom stereocenters. The number of amides is 2. The molecule has 0 spiro atoms. The van der Waals surface area contributed by atoms with Crippen LogP contribution in [0.15, 0.2) is 36.5 Å². The highest BCUT2D eigenvalue weighted by atomic mass is 16.2. The van der Waals surface area contributed by atoms with Crippen molar-refractivity contribution in [3.05, 3.63) is 42.1 Å². The molecule has 1 fully saturated rings. The summed E-state index contributed by atoms with van der Waals surface area (Å²) in [4.78, 5) is 24.9. The van der Waals surface area contributed by atoms with E-state index in [1.807, 2.05) is 36.4 Å². The molecule has 110 valence electrons. The lowest BCUT2D eigenvalue weighted by atomic mass is 10.1. The van der Waals surface area contributed by atoms with Gasteiger partial charge in [-0.05, 0) is 12.1 Å². The predicted molar refractivity (Wildman–Crippen MR) is 77.9 cm³/mol. The van der Waals surface area contributed by atoms with E-state index in [0.29, 0.717) is 5.82 Å². The number of carbonyl (C=O) groups excluding carboxylic acids is 2. The van der Waals surface area contributed by atoms with Gasteiger partial charge < -0.3 is 5.73 Å². The Morgan fingerprint density at radius 2 is 2.09 bits per heavy atom. The predicted octanol–water partition coefficient (Wildman–Crippen LogP) is 0.582. The van der Waals surface area contributed by atoms with Crippen LogP contribution in [-0.4, -0.2) is 28.1 Å². The van der Waals surface area contributed by atoms with Gasteiger partial charge in [0.1, 0.15) is 11.6 Å². The summed E-state index contributed by atoms with van der Waals surface area (Å²) in [6, 6.07) is 11.2. The van der Waals surface area contributed by atoms with Crippen LogP contribution in [-0.2, 0) is 9.59 Å². The summed E-state index contributed by atoms with van der Waals surface area (Å²) in [6.07, 6.45) is 1.47. The first kappa shape index (κ1) is 13.8. The zero-order valence-electron chi connectivity index (χ0n) is 11.6. The fraction of sp³-hybridized carbons (Fsp3) is 0.200. The van der Waals surface area contributed by atoms with Crippen LogP contribution in [0.3, 0.4) is 0 Å². The number of hydrogen-bond donors (Lipinski definition) is 1. The number of primary amides is 1. The Morgan fingerprint density at radius 3 is 2.68 bits per heavy atom. The number of aromatic nitrogens is 2. The molecule has 7 heteroatoms. The maximum Gasteiger partial charge on any atom is 0.229 e. The Morgan fingerprint density at radius 1 is 1.36 bits per heavy atom. The first-order chi connectivity index (χ1) is 10.6. The molecule has 22 heavy (non-hydrogen) atoms. The molecule has 1 aromatic heterocycles. The van der Waals surface area contributed by atoms with E-state index in [-0.39, 0.29) is 24.4 Å². The van der Waals surface area contributed by atoms with Crippen LogP contribution in [0.2, 0.25) is 0 Å². The highest BCUT2D eigenvalue weighted by Gasteiger charge is 2.37. The smallest absolute Gasteiger partial charge is 0.229 e. The lowest BCUT2D eigenvalue weighted by molar-refractivity contribution is -0.123. The van der Waals surface area contributed by atoms with E-state index in [1.54, 1.807) is 0 Å². The van der Waals surface area contributed by atoms with Crippen LogP contribution < -0.4 is 10.6 Å². The van der Waals surface area contributed by atoms with Gasteiger partial charge in [0.25, 0.3) is 0 Å². The van der Waals surface area contributed by atoms with E-state index in [2.05, 4.69) is 5.10 Å². The zero-order valence-corrected chi connectivity index (χ0v) is 11.6. The molecular weight excluding hydrogens is 282 g/mol. The van der Waals surface area contributed by atoms with Crippen LogP contribution in [0.25, 0.3) is 5.69 Å². The van der Waals surface area contributed by atoms with Gasteiger partial charge in [0.15, 0.2) is 5.82 Å². The van der Waals surface area contributed by atoms with Crippen molar-refractivity contribution >= 4 is 17.6 Å². The molecule has 0 bridgehead atoms. The van der Waals surface area contributed by atoms with Crippen molar-refractivity contribution in [3.8, 4) is 11.8 Å². The van der Waals surface area contributed by atoms with Crippen molar-refractivity contribution in [2.24, 2.45) is 11.7 Å². The monoisotopic (exact) mass is 295 g/mol. The van der Waals surface area contributed by atoms with Crippen molar-refractivity contribution in [2.45, 2.75) is 6.42 Å². The minimum atomic E-state index is -0.543. The first-order valence-electron chi connectivity index (χ1n) is 6.75. The Hall–Kier alpha value is -3.14. The Bertz CT molecular complexity index is 775. The lowest BCUT2D eigenvalue weighted by Crippen LogP contribution is -2.30. The molecule has 1 aliphatic heterocycles. The molecule has 2 heterocycles. The van der Waals surface area contributed by atoms with Crippen LogP contribution in [0.5, 0.6) is 0 Å². The summed E-state index contributed by atoms with van der Waals surface area (Å²) < 4.78 is 1.53. The van der Waals surface area contributed by atoms with E-state index in [1.165, 1.54) is 15.8 Å². The third-order valence-electron chi connectivity index (χ3n) is 3.65. The number of benzene rings is 1. The number of nitrogens with zero attached hydrogens (tertiary/aromatic N) is 4. The van der Waals surface area contributed by atoms with Gasteiger partial charge >= 0.3 is 0 Å². The number of nitriles is 1. The zero-order chi connectivity index (χ0) is 15.7. The first-order valence-corrected chi connectivity index (χ1v) is 6.75. The minimum Gasteiger partial charge on any atom is -0.369 e. The number of carbonyl (C=O) groups is 2. The summed E-state index contributed by atoms with van der Waals surface area (Å²) in [5.74, 6) is -0.918. The van der Waals surface area contributed by atoms with Crippen LogP contribution >= 0.6 is 0 Å². The second kappa shape index (κ2) is 5.33. The maximum absolute atomic E-state index is 12.2. The van der Waals surface area contributed by atoms with Gasteiger partial charge in [0, 0.05) is 13.0 Å². The van der Waals surface area contributed by atoms with Gasteiger partial charge in [-0.1, -0.05) is 18.2 Å². The number of rotatable bonds is 3. The molecular formula is C15H13N5O2. The molecule has 1 unspecified atom stereocenters. The summed E-state index contributed by atoms with van der Waals surface area (Å²) in [5, 5.41) is 13.5. The van der Waals surface area contributed by atoms with Crippen LogP contribution in [0.4, 0.5) is 5.82 Å². The van der Waals surface area contributed by atoms with Gasteiger partial charge in [-0.2, -0.15) is 10.4 Å². The molecule has 3 rings (SSSR count). The highest BCUT2D eigenvalue weighted by Crippen LogP contribution is 2.29. The van der Waals surface area contributed by atoms with E-state index in [4.69, 9.17) is 5.73 Å². The molecule has 1 aliphatic rings. The van der Waals surface area contributed by atoms with E-state index >= 15 is 0 Å². The number of para-hydroxylation sites is 1. The van der Waals surface area contributed by atoms with Gasteiger partial charge in [0.05, 0.1) is 17.8 Å². The normalized spacial score (nSPS) is 17.5. The summed E-state index contributed by atoms with van der Waals surface area (Å²) in [5.41, 5.74) is 6.30. The molecule has 0 radical (unpaired) electrons. The molecule has 2 aromatic rings. The van der Waals surface area contributed by atoms with E-state index in [0.717, 1.165) is 5.69 Å². The molecule has 7 nitrogen and oxygen atoms in total. The Labute approximate surface area is 126 Å². The topological polar surface area (TPSA) is 105 Å². The molecule has 1 saturated heterocycles. The van der Waals surface area contributed by atoms with Crippen molar-refractivity contribution in [1.82, 2.24) is 9.78 Å². The standard InChI is InChI=1S/C15H13N5O2/c16-7-11-8-18-20(12-4-2-1-3-5-12)15(11)19-9-10(14(17)22)6-13(19)21/h1-5,8,10H,6,9H2,(H2,17,22). The minimum absolute atomic E-state index is 0.0557. The molecule has 0 saturated carbocycles. The van der Waals surface area contributed by atoms with Crippen molar-refractivity contribution in [1.29, 1.82) is 5.26 Å². The maximum atomic E-state index is 12.2. The Balaban J connectivity index is 2.07. The highest BCUT2D eigenvalue weighted by molar-refractivity contribution is 6.00. The third kappa shape index (κ3) is 2.20. The lowest BCUT2D eigenvalue weighted by Gasteiger charge is -2.18. The summed E-state index contributed by atoms with van der Waals surface area (Å²) in [6.45, 7) is 0.168. The SMILES string of the molecule is N#Cc1cnn(-c2ccccc2)c1N1CC(C(N)=O)CC1=O. The van der Waals surface area contributed by atoms with Crippen molar-refractivity contribution in [2.75, 3.05) is 11.4 Å². The Kier molecular flexibility index (Phi) is 3.35. The van der Waals surface area contributed by atoms with E-state index in [9.17, 15) is 14.9 Å². The second-order valence-corrected chi connectivity index (χ2v) is 5.05. The number of hydrogen-bond acceptors (Lipinski definition) is 4. The van der Waals surface area contributed by atoms with Gasteiger partial charge in [-0.25, -0.2) is 4.68 Å². The summed E-state index contributed by atoms with van der Waals surface area (Å²) in [7, 11) is 0. The fourth-order valence-corrected chi connectivity index (χ4v) is 2.54. The largest absolute Gasteiger partial charge is 0.369 e. The quantitative estimate of drug-likeness (QED) is 0.894. The van der Waals surface area contributed by atoms with Crippen molar-refractivity contribution < 1.29 is 9.59 Å².